The monoisotopic (exact) mass is 186 g/mol. The van der Waals surface area contributed by atoms with Gasteiger partial charge in [0, 0.05) is 6.20 Å². The van der Waals surface area contributed by atoms with Crippen LogP contribution in [0, 0.1) is 11.3 Å². The quantitative estimate of drug-likeness (QED) is 0.683. The topological polar surface area (TPSA) is 76.9 Å². The Morgan fingerprint density at radius 1 is 1.62 bits per heavy atom. The Balaban J connectivity index is 3.53. The van der Waals surface area contributed by atoms with Gasteiger partial charge in [-0.25, -0.2) is 8.78 Å². The molecular weight excluding hydrogens is 182 g/mol. The van der Waals surface area contributed by atoms with E-state index in [9.17, 15) is 13.6 Å². The summed E-state index contributed by atoms with van der Waals surface area (Å²) in [6, 6.07) is 1.43. The second-order valence-electron chi connectivity index (χ2n) is 2.21. The van der Waals surface area contributed by atoms with E-state index in [0.717, 1.165) is 6.20 Å². The maximum atomic E-state index is 12.2. The lowest BCUT2D eigenvalue weighted by Crippen LogP contribution is -2.09. The van der Waals surface area contributed by atoms with Gasteiger partial charge in [0.2, 0.25) is 0 Å². The van der Waals surface area contributed by atoms with Crippen LogP contribution in [0.15, 0.2) is 11.0 Å². The van der Waals surface area contributed by atoms with Crippen LogP contribution in [-0.4, -0.2) is 10.1 Å². The Hall–Kier alpha value is -1.90. The van der Waals surface area contributed by atoms with Gasteiger partial charge in [-0.3, -0.25) is 4.79 Å². The molecule has 68 valence electrons. The Labute approximate surface area is 71.1 Å². The van der Waals surface area contributed by atoms with Crippen LogP contribution in [0.4, 0.5) is 8.78 Å². The first kappa shape index (κ1) is 9.19. The van der Waals surface area contributed by atoms with E-state index in [0.29, 0.717) is 0 Å². The Morgan fingerprint density at radius 2 is 2.23 bits per heavy atom. The van der Waals surface area contributed by atoms with Gasteiger partial charge in [0.1, 0.15) is 6.07 Å². The van der Waals surface area contributed by atoms with Crippen molar-refractivity contribution < 1.29 is 13.9 Å². The van der Waals surface area contributed by atoms with Crippen LogP contribution in [-0.2, 0) is 0 Å². The number of aromatic hydroxyl groups is 1. The largest absolute Gasteiger partial charge is 0.503 e. The number of halogens is 2. The summed E-state index contributed by atoms with van der Waals surface area (Å²) in [6.45, 7) is 0. The number of rotatable bonds is 1. The molecule has 13 heavy (non-hydrogen) atoms. The van der Waals surface area contributed by atoms with Crippen LogP contribution < -0.4 is 5.56 Å². The van der Waals surface area contributed by atoms with E-state index < -0.39 is 28.9 Å². The third-order valence-electron chi connectivity index (χ3n) is 1.45. The summed E-state index contributed by atoms with van der Waals surface area (Å²) in [5.74, 6) is -1.10. The van der Waals surface area contributed by atoms with E-state index in [4.69, 9.17) is 10.4 Å². The van der Waals surface area contributed by atoms with Crippen LogP contribution in [0.5, 0.6) is 5.75 Å². The van der Waals surface area contributed by atoms with Gasteiger partial charge in [0.15, 0.2) is 5.75 Å². The first-order valence-corrected chi connectivity index (χ1v) is 3.20. The Kier molecular flexibility index (Phi) is 2.28. The summed E-state index contributed by atoms with van der Waals surface area (Å²) in [5.41, 5.74) is -2.40. The molecule has 0 unspecified atom stereocenters. The van der Waals surface area contributed by atoms with Crippen LogP contribution in [0.1, 0.15) is 17.6 Å². The molecule has 0 saturated heterocycles. The van der Waals surface area contributed by atoms with Crippen LogP contribution in [0.25, 0.3) is 0 Å². The average Bonchev–Trinajstić information content (AvgIpc) is 2.08. The Bertz CT molecular complexity index is 419. The van der Waals surface area contributed by atoms with Gasteiger partial charge in [-0.15, -0.1) is 0 Å². The van der Waals surface area contributed by atoms with Crippen LogP contribution in [0.3, 0.4) is 0 Å². The van der Waals surface area contributed by atoms with E-state index in [1.807, 2.05) is 4.98 Å². The SMILES string of the molecule is N#Cc1c[nH]c(=O)c(O)c1C(F)F. The van der Waals surface area contributed by atoms with Crippen molar-refractivity contribution in [3.05, 3.63) is 27.7 Å². The fourth-order valence-electron chi connectivity index (χ4n) is 0.847. The summed E-state index contributed by atoms with van der Waals surface area (Å²) in [5, 5.41) is 17.3. The molecule has 1 rings (SSSR count). The van der Waals surface area contributed by atoms with E-state index in [1.54, 1.807) is 0 Å². The lowest BCUT2D eigenvalue weighted by atomic mass is 10.1. The molecule has 1 aromatic rings. The van der Waals surface area contributed by atoms with Crippen LogP contribution in [0.2, 0.25) is 0 Å². The van der Waals surface area contributed by atoms with Gasteiger partial charge in [-0.1, -0.05) is 0 Å². The number of nitriles is 1. The minimum absolute atomic E-state index is 0.438. The molecule has 0 aliphatic heterocycles. The van der Waals surface area contributed by atoms with Crippen molar-refractivity contribution in [1.29, 1.82) is 5.26 Å². The predicted octanol–water partition coefficient (Wildman–Crippen LogP) is 0.890. The molecule has 2 N–H and O–H groups in total. The zero-order valence-corrected chi connectivity index (χ0v) is 6.21. The molecule has 0 atom stereocenters. The van der Waals surface area contributed by atoms with E-state index in [2.05, 4.69) is 0 Å². The first-order chi connectivity index (χ1) is 6.07. The average molecular weight is 186 g/mol. The fraction of sp³-hybridized carbons (Fsp3) is 0.143. The number of nitrogens with zero attached hydrogens (tertiary/aromatic N) is 1. The Morgan fingerprint density at radius 3 is 2.69 bits per heavy atom. The lowest BCUT2D eigenvalue weighted by Gasteiger charge is -2.02. The van der Waals surface area contributed by atoms with Gasteiger partial charge in [-0.05, 0) is 0 Å². The van der Waals surface area contributed by atoms with Gasteiger partial charge >= 0.3 is 0 Å². The van der Waals surface area contributed by atoms with Gasteiger partial charge in [0.05, 0.1) is 11.1 Å². The molecule has 1 heterocycles. The molecular formula is C7H4F2N2O2. The molecule has 0 bridgehead atoms. The maximum Gasteiger partial charge on any atom is 0.290 e. The zero-order valence-electron chi connectivity index (χ0n) is 6.21. The van der Waals surface area contributed by atoms with Crippen molar-refractivity contribution in [2.45, 2.75) is 6.43 Å². The molecule has 4 nitrogen and oxygen atoms in total. The third-order valence-corrected chi connectivity index (χ3v) is 1.45. The third kappa shape index (κ3) is 1.49. The van der Waals surface area contributed by atoms with E-state index in [1.165, 1.54) is 6.07 Å². The summed E-state index contributed by atoms with van der Waals surface area (Å²) in [4.78, 5) is 12.6. The van der Waals surface area contributed by atoms with Gasteiger partial charge in [-0.2, -0.15) is 5.26 Å². The van der Waals surface area contributed by atoms with Crippen molar-refractivity contribution in [1.82, 2.24) is 4.98 Å². The summed E-state index contributed by atoms with van der Waals surface area (Å²) < 4.78 is 24.4. The van der Waals surface area contributed by atoms with E-state index in [-0.39, 0.29) is 0 Å². The fourth-order valence-corrected chi connectivity index (χ4v) is 0.847. The number of nitrogens with one attached hydrogen (secondary N) is 1. The predicted molar refractivity (Wildman–Crippen MR) is 38.4 cm³/mol. The molecule has 1 aromatic heterocycles. The minimum Gasteiger partial charge on any atom is -0.503 e. The number of hydrogen-bond donors (Lipinski definition) is 2. The van der Waals surface area contributed by atoms with Crippen molar-refractivity contribution in [2.75, 3.05) is 0 Å². The normalized spacial score (nSPS) is 10.0. The first-order valence-electron chi connectivity index (χ1n) is 3.20. The van der Waals surface area contributed by atoms with Gasteiger partial charge < -0.3 is 10.1 Å². The molecule has 0 spiro atoms. The number of aromatic amines is 1. The molecule has 0 saturated carbocycles. The number of aromatic nitrogens is 1. The van der Waals surface area contributed by atoms with E-state index >= 15 is 0 Å². The van der Waals surface area contributed by atoms with Gasteiger partial charge in [0.25, 0.3) is 12.0 Å². The number of H-pyrrole nitrogens is 1. The summed E-state index contributed by atoms with van der Waals surface area (Å²) in [6.07, 6.45) is -2.21. The highest BCUT2D eigenvalue weighted by Crippen LogP contribution is 2.27. The second kappa shape index (κ2) is 3.23. The highest BCUT2D eigenvalue weighted by atomic mass is 19.3. The summed E-state index contributed by atoms with van der Waals surface area (Å²) >= 11 is 0. The number of pyridine rings is 1. The molecule has 0 aliphatic carbocycles. The van der Waals surface area contributed by atoms with Crippen molar-refractivity contribution in [2.24, 2.45) is 0 Å². The number of hydrogen-bond acceptors (Lipinski definition) is 3. The van der Waals surface area contributed by atoms with Crippen molar-refractivity contribution >= 4 is 0 Å². The maximum absolute atomic E-state index is 12.2. The molecule has 0 radical (unpaired) electrons. The standard InChI is InChI=1S/C7H4F2N2O2/c8-6(9)4-3(1-10)2-11-7(13)5(4)12/h2,6,12H,(H,11,13). The zero-order chi connectivity index (χ0) is 10.0. The highest BCUT2D eigenvalue weighted by molar-refractivity contribution is 5.43. The molecule has 6 heteroatoms. The lowest BCUT2D eigenvalue weighted by molar-refractivity contribution is 0.146. The molecule has 0 aromatic carbocycles. The molecule has 0 amide bonds. The highest BCUT2D eigenvalue weighted by Gasteiger charge is 2.20. The minimum atomic E-state index is -3.04. The van der Waals surface area contributed by atoms with Crippen LogP contribution >= 0.6 is 0 Å². The van der Waals surface area contributed by atoms with Crippen molar-refractivity contribution in [3.63, 3.8) is 0 Å². The smallest absolute Gasteiger partial charge is 0.290 e. The summed E-state index contributed by atoms with van der Waals surface area (Å²) in [7, 11) is 0. The van der Waals surface area contributed by atoms with Crippen molar-refractivity contribution in [3.8, 4) is 11.8 Å². The second-order valence-corrected chi connectivity index (χ2v) is 2.21. The number of alkyl halides is 2. The molecule has 0 aliphatic rings. The molecule has 0 fully saturated rings.